The molecule has 2 aliphatic carbocycles. The molecule has 0 spiro atoms. The van der Waals surface area contributed by atoms with Crippen molar-refractivity contribution in [3.63, 3.8) is 0 Å². The van der Waals surface area contributed by atoms with Crippen molar-refractivity contribution < 1.29 is 5.11 Å². The SMILES string of the molecule is CC1CCC2CC(C)(CO)CC2C1. The maximum atomic E-state index is 9.34. The molecule has 2 saturated carbocycles. The molecule has 0 saturated heterocycles. The second-order valence-electron chi connectivity index (χ2n) is 5.82. The van der Waals surface area contributed by atoms with Crippen LogP contribution in [0, 0.1) is 23.2 Å². The van der Waals surface area contributed by atoms with Gasteiger partial charge in [-0.2, -0.15) is 0 Å². The lowest BCUT2D eigenvalue weighted by Crippen LogP contribution is -2.18. The smallest absolute Gasteiger partial charge is 0.0484 e. The van der Waals surface area contributed by atoms with Crippen molar-refractivity contribution in [2.24, 2.45) is 23.2 Å². The molecule has 1 nitrogen and oxygen atoms in total. The van der Waals surface area contributed by atoms with E-state index in [-0.39, 0.29) is 5.41 Å². The second-order valence-corrected chi connectivity index (χ2v) is 5.82. The van der Waals surface area contributed by atoms with E-state index in [1.54, 1.807) is 0 Å². The highest BCUT2D eigenvalue weighted by Gasteiger charge is 2.43. The van der Waals surface area contributed by atoms with E-state index < -0.39 is 0 Å². The molecule has 4 atom stereocenters. The summed E-state index contributed by atoms with van der Waals surface area (Å²) in [6, 6.07) is 0. The van der Waals surface area contributed by atoms with Gasteiger partial charge in [-0.1, -0.05) is 20.3 Å². The molecule has 2 rings (SSSR count). The number of aliphatic hydroxyl groups is 1. The molecule has 2 aliphatic rings. The molecule has 2 fully saturated rings. The number of rotatable bonds is 1. The van der Waals surface area contributed by atoms with Crippen LogP contribution in [-0.4, -0.2) is 11.7 Å². The summed E-state index contributed by atoms with van der Waals surface area (Å²) in [5, 5.41) is 9.34. The van der Waals surface area contributed by atoms with E-state index in [2.05, 4.69) is 13.8 Å². The summed E-state index contributed by atoms with van der Waals surface area (Å²) < 4.78 is 0. The first-order valence-corrected chi connectivity index (χ1v) is 5.74. The largest absolute Gasteiger partial charge is 0.396 e. The van der Waals surface area contributed by atoms with E-state index in [4.69, 9.17) is 0 Å². The molecule has 4 unspecified atom stereocenters. The first-order valence-electron chi connectivity index (χ1n) is 5.74. The summed E-state index contributed by atoms with van der Waals surface area (Å²) in [7, 11) is 0. The van der Waals surface area contributed by atoms with Crippen LogP contribution in [0.15, 0.2) is 0 Å². The molecule has 13 heavy (non-hydrogen) atoms. The summed E-state index contributed by atoms with van der Waals surface area (Å²) in [6.07, 6.45) is 6.81. The van der Waals surface area contributed by atoms with Gasteiger partial charge >= 0.3 is 0 Å². The number of aliphatic hydroxyl groups excluding tert-OH is 1. The van der Waals surface area contributed by atoms with Gasteiger partial charge in [-0.15, -0.1) is 0 Å². The minimum Gasteiger partial charge on any atom is -0.396 e. The Kier molecular flexibility index (Phi) is 2.39. The van der Waals surface area contributed by atoms with Crippen LogP contribution >= 0.6 is 0 Å². The predicted octanol–water partition coefficient (Wildman–Crippen LogP) is 2.83. The van der Waals surface area contributed by atoms with E-state index in [0.717, 1.165) is 17.8 Å². The summed E-state index contributed by atoms with van der Waals surface area (Å²) in [6.45, 7) is 5.04. The van der Waals surface area contributed by atoms with E-state index in [9.17, 15) is 5.11 Å². The summed E-state index contributed by atoms with van der Waals surface area (Å²) in [4.78, 5) is 0. The summed E-state index contributed by atoms with van der Waals surface area (Å²) >= 11 is 0. The molecule has 0 heterocycles. The quantitative estimate of drug-likeness (QED) is 0.661. The number of fused-ring (bicyclic) bond motifs is 1. The molecular formula is C12H22O. The maximum absolute atomic E-state index is 9.34. The van der Waals surface area contributed by atoms with Crippen molar-refractivity contribution in [3.8, 4) is 0 Å². The van der Waals surface area contributed by atoms with Crippen LogP contribution < -0.4 is 0 Å². The third kappa shape index (κ3) is 1.76. The van der Waals surface area contributed by atoms with E-state index in [1.165, 1.54) is 32.1 Å². The Morgan fingerprint density at radius 3 is 2.62 bits per heavy atom. The fourth-order valence-electron chi connectivity index (χ4n) is 3.56. The Bertz CT molecular complexity index is 190. The Labute approximate surface area is 81.5 Å². The molecule has 76 valence electrons. The summed E-state index contributed by atoms with van der Waals surface area (Å²) in [5.41, 5.74) is 0.263. The lowest BCUT2D eigenvalue weighted by atomic mass is 9.77. The van der Waals surface area contributed by atoms with Gasteiger partial charge in [0.25, 0.3) is 0 Å². The van der Waals surface area contributed by atoms with Crippen LogP contribution in [0.2, 0.25) is 0 Å². The molecule has 0 radical (unpaired) electrons. The topological polar surface area (TPSA) is 20.2 Å². The van der Waals surface area contributed by atoms with Crippen molar-refractivity contribution in [1.82, 2.24) is 0 Å². The van der Waals surface area contributed by atoms with Gasteiger partial charge in [-0.3, -0.25) is 0 Å². The zero-order chi connectivity index (χ0) is 9.47. The predicted molar refractivity (Wildman–Crippen MR) is 54.4 cm³/mol. The molecule has 1 N–H and O–H groups in total. The van der Waals surface area contributed by atoms with Gasteiger partial charge in [-0.25, -0.2) is 0 Å². The Morgan fingerprint density at radius 1 is 1.23 bits per heavy atom. The van der Waals surface area contributed by atoms with Gasteiger partial charge in [-0.05, 0) is 48.9 Å². The zero-order valence-corrected chi connectivity index (χ0v) is 8.92. The van der Waals surface area contributed by atoms with Crippen LogP contribution in [0.5, 0.6) is 0 Å². The van der Waals surface area contributed by atoms with Crippen molar-refractivity contribution in [3.05, 3.63) is 0 Å². The van der Waals surface area contributed by atoms with Crippen molar-refractivity contribution in [2.45, 2.75) is 46.0 Å². The maximum Gasteiger partial charge on any atom is 0.0484 e. The molecule has 0 aromatic rings. The minimum atomic E-state index is 0.263. The van der Waals surface area contributed by atoms with Crippen LogP contribution in [0.1, 0.15) is 46.0 Å². The highest BCUT2D eigenvalue weighted by Crippen LogP contribution is 2.52. The normalized spacial score (nSPS) is 50.5. The third-order valence-corrected chi connectivity index (χ3v) is 4.29. The van der Waals surface area contributed by atoms with Crippen LogP contribution in [0.25, 0.3) is 0 Å². The molecule has 0 aromatic heterocycles. The third-order valence-electron chi connectivity index (χ3n) is 4.29. The van der Waals surface area contributed by atoms with Gasteiger partial charge in [0.15, 0.2) is 0 Å². The van der Waals surface area contributed by atoms with Crippen molar-refractivity contribution in [1.29, 1.82) is 0 Å². The Balaban J connectivity index is 2.02. The molecular weight excluding hydrogens is 160 g/mol. The highest BCUT2D eigenvalue weighted by molar-refractivity contribution is 4.93. The van der Waals surface area contributed by atoms with Crippen LogP contribution in [0.3, 0.4) is 0 Å². The van der Waals surface area contributed by atoms with E-state index >= 15 is 0 Å². The lowest BCUT2D eigenvalue weighted by molar-refractivity contribution is 0.142. The molecule has 0 aliphatic heterocycles. The first kappa shape index (κ1) is 9.51. The average molecular weight is 182 g/mol. The van der Waals surface area contributed by atoms with Gasteiger partial charge in [0.05, 0.1) is 0 Å². The summed E-state index contributed by atoms with van der Waals surface area (Å²) in [5.74, 6) is 2.80. The fourth-order valence-corrected chi connectivity index (χ4v) is 3.56. The average Bonchev–Trinajstić information content (AvgIpc) is 2.42. The number of hydrogen-bond donors (Lipinski definition) is 1. The Morgan fingerprint density at radius 2 is 1.92 bits per heavy atom. The number of hydrogen-bond acceptors (Lipinski definition) is 1. The van der Waals surface area contributed by atoms with Gasteiger partial charge < -0.3 is 5.11 Å². The van der Waals surface area contributed by atoms with Gasteiger partial charge in [0, 0.05) is 6.61 Å². The first-order chi connectivity index (χ1) is 6.13. The lowest BCUT2D eigenvalue weighted by Gasteiger charge is -2.29. The van der Waals surface area contributed by atoms with Crippen molar-refractivity contribution in [2.75, 3.05) is 6.61 Å². The fraction of sp³-hybridized carbons (Fsp3) is 1.00. The van der Waals surface area contributed by atoms with E-state index in [1.807, 2.05) is 0 Å². The zero-order valence-electron chi connectivity index (χ0n) is 8.92. The monoisotopic (exact) mass is 182 g/mol. The standard InChI is InChI=1S/C12H22O/c1-9-3-4-10-6-12(2,8-13)7-11(10)5-9/h9-11,13H,3-8H2,1-2H3. The van der Waals surface area contributed by atoms with Crippen molar-refractivity contribution >= 4 is 0 Å². The Hall–Kier alpha value is -0.0400. The molecule has 1 heteroatoms. The minimum absolute atomic E-state index is 0.263. The molecule has 0 aromatic carbocycles. The molecule has 0 amide bonds. The van der Waals surface area contributed by atoms with Gasteiger partial charge in [0.1, 0.15) is 0 Å². The van der Waals surface area contributed by atoms with Gasteiger partial charge in [0.2, 0.25) is 0 Å². The second kappa shape index (κ2) is 3.27. The van der Waals surface area contributed by atoms with Crippen LogP contribution in [0.4, 0.5) is 0 Å². The molecule has 0 bridgehead atoms. The van der Waals surface area contributed by atoms with E-state index in [0.29, 0.717) is 6.61 Å². The highest BCUT2D eigenvalue weighted by atomic mass is 16.3. The van der Waals surface area contributed by atoms with Crippen LogP contribution in [-0.2, 0) is 0 Å².